The Hall–Kier alpha value is -2.27. The number of hydrogen-bond donors (Lipinski definition) is 1. The lowest BCUT2D eigenvalue weighted by molar-refractivity contribution is -0.143. The second kappa shape index (κ2) is 5.58. The van der Waals surface area contributed by atoms with Crippen LogP contribution in [0.5, 0.6) is 0 Å². The number of hydrogen-bond acceptors (Lipinski definition) is 3. The highest BCUT2D eigenvalue weighted by atomic mass is 16.4. The fraction of sp³-hybridized carbons (Fsp3) is 0.500. The maximum atomic E-state index is 12.3. The Labute approximate surface area is 109 Å². The second-order valence-electron chi connectivity index (χ2n) is 4.57. The summed E-state index contributed by atoms with van der Waals surface area (Å²) in [5.41, 5.74) is 9.21. The number of carboxylic acids is 1. The minimum Gasteiger partial charge on any atom is -0.480 e. The molecule has 2 unspecified atom stereocenters. The monoisotopic (exact) mass is 262 g/mol. The number of fused-ring (bicyclic) bond motifs is 1. The Morgan fingerprint density at radius 2 is 2.37 bits per heavy atom. The Bertz CT molecular complexity index is 505. The van der Waals surface area contributed by atoms with E-state index in [0.29, 0.717) is 18.5 Å². The molecule has 1 saturated heterocycles. The number of likely N-dealkylation sites (tertiary alicyclic amines) is 1. The molecule has 0 aromatic heterocycles. The van der Waals surface area contributed by atoms with Gasteiger partial charge in [-0.3, -0.25) is 9.59 Å². The minimum atomic E-state index is -1.08. The standard InChI is InChI=1S/C12H14N4O3/c13-15-14-9-6-5-8-3-1-2-4-10(8)16(12(9)19)7-11(17)18/h1-2,4,8-9H,3,5-7H2,(H,17,18). The highest BCUT2D eigenvalue weighted by Gasteiger charge is 2.35. The van der Waals surface area contributed by atoms with E-state index < -0.39 is 24.5 Å². The molecule has 0 aromatic rings. The van der Waals surface area contributed by atoms with Gasteiger partial charge in [0.05, 0.1) is 0 Å². The number of nitrogens with zero attached hydrogens (tertiary/aromatic N) is 4. The first-order chi connectivity index (χ1) is 9.13. The summed E-state index contributed by atoms with van der Waals surface area (Å²) in [5, 5.41) is 12.4. The van der Waals surface area contributed by atoms with Gasteiger partial charge in [0.25, 0.3) is 0 Å². The van der Waals surface area contributed by atoms with Crippen LogP contribution in [0.2, 0.25) is 0 Å². The predicted molar refractivity (Wildman–Crippen MR) is 66.8 cm³/mol. The molecular formula is C12H14N4O3. The molecule has 1 amide bonds. The van der Waals surface area contributed by atoms with E-state index >= 15 is 0 Å². The highest BCUT2D eigenvalue weighted by molar-refractivity contribution is 5.87. The summed E-state index contributed by atoms with van der Waals surface area (Å²) in [5.74, 6) is -1.39. The lowest BCUT2D eigenvalue weighted by Gasteiger charge is -2.28. The van der Waals surface area contributed by atoms with Crippen molar-refractivity contribution in [2.45, 2.75) is 25.3 Å². The lowest BCUT2D eigenvalue weighted by Crippen LogP contribution is -2.40. The van der Waals surface area contributed by atoms with E-state index in [-0.39, 0.29) is 5.92 Å². The summed E-state index contributed by atoms with van der Waals surface area (Å²) in [6, 6.07) is -0.809. The van der Waals surface area contributed by atoms with Crippen LogP contribution in [0.1, 0.15) is 19.3 Å². The van der Waals surface area contributed by atoms with Crippen molar-refractivity contribution in [2.24, 2.45) is 11.0 Å². The third kappa shape index (κ3) is 2.77. The number of carbonyl (C=O) groups excluding carboxylic acids is 1. The zero-order valence-electron chi connectivity index (χ0n) is 10.3. The highest BCUT2D eigenvalue weighted by Crippen LogP contribution is 2.33. The van der Waals surface area contributed by atoms with Crippen molar-refractivity contribution in [3.05, 3.63) is 34.4 Å². The summed E-state index contributed by atoms with van der Waals surface area (Å²) < 4.78 is 0. The maximum absolute atomic E-state index is 12.3. The first-order valence-corrected chi connectivity index (χ1v) is 6.07. The predicted octanol–water partition coefficient (Wildman–Crippen LogP) is 1.83. The van der Waals surface area contributed by atoms with Crippen molar-refractivity contribution in [2.75, 3.05) is 6.54 Å². The summed E-state index contributed by atoms with van der Waals surface area (Å²) in [4.78, 5) is 27.1. The van der Waals surface area contributed by atoms with Crippen molar-refractivity contribution in [1.82, 2.24) is 4.90 Å². The van der Waals surface area contributed by atoms with Gasteiger partial charge in [0.2, 0.25) is 5.91 Å². The molecule has 1 fully saturated rings. The van der Waals surface area contributed by atoms with Crippen molar-refractivity contribution in [3.8, 4) is 0 Å². The molecule has 0 radical (unpaired) electrons. The molecule has 0 bridgehead atoms. The van der Waals surface area contributed by atoms with Crippen molar-refractivity contribution in [1.29, 1.82) is 0 Å². The van der Waals surface area contributed by atoms with E-state index in [4.69, 9.17) is 10.6 Å². The largest absolute Gasteiger partial charge is 0.480 e. The lowest BCUT2D eigenvalue weighted by atomic mass is 9.92. The molecule has 19 heavy (non-hydrogen) atoms. The van der Waals surface area contributed by atoms with Gasteiger partial charge in [-0.1, -0.05) is 17.3 Å². The third-order valence-corrected chi connectivity index (χ3v) is 3.38. The van der Waals surface area contributed by atoms with E-state index in [1.807, 2.05) is 12.2 Å². The van der Waals surface area contributed by atoms with E-state index in [0.717, 1.165) is 6.42 Å². The van der Waals surface area contributed by atoms with E-state index in [2.05, 4.69) is 10.0 Å². The molecule has 0 saturated carbocycles. The number of carboxylic acid groups (broad SMARTS) is 1. The molecule has 1 heterocycles. The quantitative estimate of drug-likeness (QED) is 0.476. The Morgan fingerprint density at radius 3 is 3.05 bits per heavy atom. The summed E-state index contributed by atoms with van der Waals surface area (Å²) in [7, 11) is 0. The Balaban J connectivity index is 2.36. The molecule has 7 heteroatoms. The summed E-state index contributed by atoms with van der Waals surface area (Å²) in [6.45, 7) is -0.396. The number of rotatable bonds is 3. The molecule has 2 aliphatic rings. The van der Waals surface area contributed by atoms with Gasteiger partial charge < -0.3 is 10.0 Å². The van der Waals surface area contributed by atoms with E-state index in [9.17, 15) is 9.59 Å². The number of azide groups is 1. The van der Waals surface area contributed by atoms with Crippen LogP contribution in [0, 0.1) is 5.92 Å². The van der Waals surface area contributed by atoms with Crippen molar-refractivity contribution >= 4 is 11.9 Å². The molecule has 1 N–H and O–H groups in total. The van der Waals surface area contributed by atoms with Gasteiger partial charge in [0.15, 0.2) is 0 Å². The van der Waals surface area contributed by atoms with Crippen molar-refractivity contribution < 1.29 is 14.7 Å². The van der Waals surface area contributed by atoms with Gasteiger partial charge in [0.1, 0.15) is 12.6 Å². The van der Waals surface area contributed by atoms with Gasteiger partial charge in [-0.05, 0) is 30.9 Å². The first-order valence-electron chi connectivity index (χ1n) is 6.07. The van der Waals surface area contributed by atoms with E-state index in [1.54, 1.807) is 6.08 Å². The van der Waals surface area contributed by atoms with Gasteiger partial charge in [-0.2, -0.15) is 0 Å². The van der Waals surface area contributed by atoms with Crippen LogP contribution in [0.4, 0.5) is 0 Å². The number of carbonyl (C=O) groups is 2. The van der Waals surface area contributed by atoms with E-state index in [1.165, 1.54) is 4.90 Å². The molecule has 2 atom stereocenters. The topological polar surface area (TPSA) is 106 Å². The number of allylic oxidation sites excluding steroid dienone is 4. The molecule has 0 spiro atoms. The van der Waals surface area contributed by atoms with Crippen LogP contribution in [0.25, 0.3) is 10.4 Å². The normalized spacial score (nSPS) is 26.0. The zero-order chi connectivity index (χ0) is 13.8. The van der Waals surface area contributed by atoms with Gasteiger partial charge in [-0.25, -0.2) is 0 Å². The second-order valence-corrected chi connectivity index (χ2v) is 4.57. The fourth-order valence-electron chi connectivity index (χ4n) is 2.51. The van der Waals surface area contributed by atoms with Crippen LogP contribution in [0.15, 0.2) is 29.0 Å². The van der Waals surface area contributed by atoms with Crippen LogP contribution in [-0.4, -0.2) is 34.5 Å². The SMILES string of the molecule is [N-]=[N+]=NC1CCC2CC=CC=C2N(CC(=O)O)C1=O. The van der Waals surface area contributed by atoms with Gasteiger partial charge in [0, 0.05) is 16.5 Å². The van der Waals surface area contributed by atoms with Gasteiger partial charge >= 0.3 is 5.97 Å². The Morgan fingerprint density at radius 1 is 1.58 bits per heavy atom. The fourth-order valence-corrected chi connectivity index (χ4v) is 2.51. The average molecular weight is 262 g/mol. The number of amides is 1. The molecule has 1 aliphatic heterocycles. The molecule has 1 aliphatic carbocycles. The molecule has 2 rings (SSSR count). The van der Waals surface area contributed by atoms with Crippen LogP contribution in [-0.2, 0) is 9.59 Å². The Kier molecular flexibility index (Phi) is 3.87. The van der Waals surface area contributed by atoms with Crippen LogP contribution >= 0.6 is 0 Å². The maximum Gasteiger partial charge on any atom is 0.323 e. The van der Waals surface area contributed by atoms with Crippen LogP contribution in [0.3, 0.4) is 0 Å². The molecule has 7 nitrogen and oxygen atoms in total. The molecule has 100 valence electrons. The molecule has 0 aromatic carbocycles. The third-order valence-electron chi connectivity index (χ3n) is 3.38. The smallest absolute Gasteiger partial charge is 0.323 e. The zero-order valence-corrected chi connectivity index (χ0v) is 10.3. The first kappa shape index (κ1) is 13.2. The average Bonchev–Trinajstić information content (AvgIpc) is 2.51. The van der Waals surface area contributed by atoms with Crippen molar-refractivity contribution in [3.63, 3.8) is 0 Å². The van der Waals surface area contributed by atoms with Gasteiger partial charge in [-0.15, -0.1) is 0 Å². The molecular weight excluding hydrogens is 248 g/mol. The summed E-state index contributed by atoms with van der Waals surface area (Å²) in [6.07, 6.45) is 7.52. The number of aliphatic carboxylic acids is 1. The summed E-state index contributed by atoms with van der Waals surface area (Å²) >= 11 is 0. The minimum absolute atomic E-state index is 0.118. The van der Waals surface area contributed by atoms with Crippen LogP contribution < -0.4 is 0 Å².